The molecule has 1 heterocycles. The molecule has 2 N–H and O–H groups in total. The van der Waals surface area contributed by atoms with Gasteiger partial charge in [0, 0.05) is 4.88 Å². The molecule has 17 heavy (non-hydrogen) atoms. The summed E-state index contributed by atoms with van der Waals surface area (Å²) in [7, 11) is 0. The maximum atomic E-state index is 11.0. The number of aliphatic hydroxyl groups is 1. The van der Waals surface area contributed by atoms with Crippen molar-refractivity contribution in [2.24, 2.45) is 5.92 Å². The molecule has 1 saturated carbocycles. The number of hydrogen-bond acceptors (Lipinski definition) is 3. The summed E-state index contributed by atoms with van der Waals surface area (Å²) in [6.07, 6.45) is 5.07. The van der Waals surface area contributed by atoms with Crippen LogP contribution in [0.2, 0.25) is 0 Å². The summed E-state index contributed by atoms with van der Waals surface area (Å²) >= 11 is 1.45. The molecule has 1 aromatic rings. The van der Waals surface area contributed by atoms with Crippen molar-refractivity contribution in [3.63, 3.8) is 0 Å². The highest BCUT2D eigenvalue weighted by Gasteiger charge is 2.41. The zero-order valence-corrected chi connectivity index (χ0v) is 10.6. The van der Waals surface area contributed by atoms with Crippen LogP contribution in [0.1, 0.15) is 43.4 Å². The Kier molecular flexibility index (Phi) is 3.84. The number of aliphatic carboxylic acids is 1. The maximum Gasteiger partial charge on any atom is 0.306 e. The van der Waals surface area contributed by atoms with Gasteiger partial charge < -0.3 is 10.2 Å². The van der Waals surface area contributed by atoms with Crippen LogP contribution in [-0.4, -0.2) is 16.2 Å². The number of hydrogen-bond donors (Lipinski definition) is 2. The highest BCUT2D eigenvalue weighted by molar-refractivity contribution is 7.10. The Morgan fingerprint density at radius 1 is 1.41 bits per heavy atom. The number of carboxylic acids is 1. The zero-order chi connectivity index (χ0) is 12.3. The second-order valence-electron chi connectivity index (χ2n) is 4.81. The molecule has 94 valence electrons. The molecule has 0 radical (unpaired) electrons. The molecule has 1 atom stereocenters. The van der Waals surface area contributed by atoms with Crippen molar-refractivity contribution >= 4 is 17.3 Å². The Hall–Kier alpha value is -0.870. The lowest BCUT2D eigenvalue weighted by Crippen LogP contribution is -2.37. The number of carboxylic acid groups (broad SMARTS) is 1. The van der Waals surface area contributed by atoms with Crippen LogP contribution in [0, 0.1) is 5.92 Å². The van der Waals surface area contributed by atoms with Gasteiger partial charge in [-0.3, -0.25) is 4.79 Å². The smallest absolute Gasteiger partial charge is 0.306 e. The molecule has 0 aliphatic heterocycles. The molecule has 0 amide bonds. The summed E-state index contributed by atoms with van der Waals surface area (Å²) in [4.78, 5) is 11.8. The van der Waals surface area contributed by atoms with E-state index in [2.05, 4.69) is 0 Å². The van der Waals surface area contributed by atoms with Crippen LogP contribution < -0.4 is 0 Å². The van der Waals surface area contributed by atoms with Gasteiger partial charge in [0.25, 0.3) is 0 Å². The monoisotopic (exact) mass is 254 g/mol. The fourth-order valence-electron chi connectivity index (χ4n) is 2.77. The predicted octanol–water partition coefficient (Wildman–Crippen LogP) is 2.99. The van der Waals surface area contributed by atoms with Crippen LogP contribution in [0.3, 0.4) is 0 Å². The molecule has 1 fully saturated rings. The van der Waals surface area contributed by atoms with Crippen molar-refractivity contribution in [3.05, 3.63) is 22.4 Å². The predicted molar refractivity (Wildman–Crippen MR) is 67.0 cm³/mol. The van der Waals surface area contributed by atoms with E-state index in [4.69, 9.17) is 5.11 Å². The molecule has 0 spiro atoms. The van der Waals surface area contributed by atoms with Crippen LogP contribution in [0.4, 0.5) is 0 Å². The van der Waals surface area contributed by atoms with Crippen LogP contribution in [0.5, 0.6) is 0 Å². The summed E-state index contributed by atoms with van der Waals surface area (Å²) in [6, 6.07) is 3.72. The SMILES string of the molecule is O=C(O)CC(O)(c1cccs1)C1CCCCC1. The first-order chi connectivity index (χ1) is 8.13. The Bertz CT molecular complexity index is 368. The fourth-order valence-corrected chi connectivity index (χ4v) is 3.67. The molecule has 4 heteroatoms. The quantitative estimate of drug-likeness (QED) is 0.868. The van der Waals surface area contributed by atoms with Crippen molar-refractivity contribution in [1.82, 2.24) is 0 Å². The van der Waals surface area contributed by atoms with E-state index < -0.39 is 11.6 Å². The van der Waals surface area contributed by atoms with Gasteiger partial charge in [-0.25, -0.2) is 0 Å². The van der Waals surface area contributed by atoms with Crippen molar-refractivity contribution in [1.29, 1.82) is 0 Å². The first kappa shape index (κ1) is 12.6. The third-order valence-electron chi connectivity index (χ3n) is 3.65. The first-order valence-corrected chi connectivity index (χ1v) is 6.99. The minimum Gasteiger partial charge on any atom is -0.481 e. The van der Waals surface area contributed by atoms with Gasteiger partial charge in [-0.2, -0.15) is 0 Å². The van der Waals surface area contributed by atoms with E-state index in [1.807, 2.05) is 17.5 Å². The highest BCUT2D eigenvalue weighted by atomic mass is 32.1. The number of rotatable bonds is 4. The van der Waals surface area contributed by atoms with Crippen LogP contribution in [0.15, 0.2) is 17.5 Å². The molecule has 1 aromatic heterocycles. The Morgan fingerprint density at radius 2 is 2.12 bits per heavy atom. The van der Waals surface area contributed by atoms with E-state index in [1.165, 1.54) is 17.8 Å². The Morgan fingerprint density at radius 3 is 2.65 bits per heavy atom. The standard InChI is InChI=1S/C13H18O3S/c14-12(15)9-13(16,11-7-4-8-17-11)10-5-2-1-3-6-10/h4,7-8,10,16H,1-3,5-6,9H2,(H,14,15). The molecule has 0 aromatic carbocycles. The number of thiophene rings is 1. The van der Waals surface area contributed by atoms with Crippen molar-refractivity contribution in [3.8, 4) is 0 Å². The first-order valence-electron chi connectivity index (χ1n) is 6.11. The molecule has 3 nitrogen and oxygen atoms in total. The molecule has 2 rings (SSSR count). The third-order valence-corrected chi connectivity index (χ3v) is 4.69. The lowest BCUT2D eigenvalue weighted by atomic mass is 9.74. The Balaban J connectivity index is 2.25. The second kappa shape index (κ2) is 5.19. The minimum atomic E-state index is -1.17. The largest absolute Gasteiger partial charge is 0.481 e. The van der Waals surface area contributed by atoms with Gasteiger partial charge in [0.1, 0.15) is 5.60 Å². The fraction of sp³-hybridized carbons (Fsp3) is 0.615. The molecule has 0 saturated heterocycles. The van der Waals surface area contributed by atoms with Gasteiger partial charge in [-0.15, -0.1) is 11.3 Å². The van der Waals surface area contributed by atoms with Crippen LogP contribution in [0.25, 0.3) is 0 Å². The van der Waals surface area contributed by atoms with Crippen LogP contribution in [-0.2, 0) is 10.4 Å². The zero-order valence-electron chi connectivity index (χ0n) is 9.76. The van der Waals surface area contributed by atoms with Gasteiger partial charge in [0.05, 0.1) is 6.42 Å². The molecule has 1 aliphatic carbocycles. The average Bonchev–Trinajstić information content (AvgIpc) is 2.83. The van der Waals surface area contributed by atoms with Gasteiger partial charge in [-0.1, -0.05) is 25.3 Å². The minimum absolute atomic E-state index is 0.0889. The van der Waals surface area contributed by atoms with E-state index in [-0.39, 0.29) is 12.3 Å². The average molecular weight is 254 g/mol. The summed E-state index contributed by atoms with van der Waals surface area (Å²) in [5.74, 6) is -0.836. The maximum absolute atomic E-state index is 11.0. The molecule has 1 unspecified atom stereocenters. The van der Waals surface area contributed by atoms with Crippen molar-refractivity contribution in [2.75, 3.05) is 0 Å². The van der Waals surface area contributed by atoms with Gasteiger partial charge in [0.15, 0.2) is 0 Å². The van der Waals surface area contributed by atoms with Gasteiger partial charge in [0.2, 0.25) is 0 Å². The summed E-state index contributed by atoms with van der Waals surface area (Å²) in [6.45, 7) is 0. The van der Waals surface area contributed by atoms with E-state index in [0.29, 0.717) is 0 Å². The van der Waals surface area contributed by atoms with E-state index in [0.717, 1.165) is 30.6 Å². The normalized spacial score (nSPS) is 21.0. The Labute approximate surface area is 105 Å². The van der Waals surface area contributed by atoms with Crippen molar-refractivity contribution < 1.29 is 15.0 Å². The lowest BCUT2D eigenvalue weighted by molar-refractivity contribution is -0.146. The molecular weight excluding hydrogens is 236 g/mol. The molecule has 1 aliphatic rings. The molecular formula is C13H18O3S. The van der Waals surface area contributed by atoms with E-state index >= 15 is 0 Å². The summed E-state index contributed by atoms with van der Waals surface area (Å²) in [5, 5.41) is 21.7. The van der Waals surface area contributed by atoms with Gasteiger partial charge in [-0.05, 0) is 30.2 Å². The molecule has 0 bridgehead atoms. The topological polar surface area (TPSA) is 57.5 Å². The third kappa shape index (κ3) is 2.69. The van der Waals surface area contributed by atoms with Gasteiger partial charge >= 0.3 is 5.97 Å². The number of carbonyl (C=O) groups is 1. The van der Waals surface area contributed by atoms with Crippen LogP contribution >= 0.6 is 11.3 Å². The van der Waals surface area contributed by atoms with Crippen molar-refractivity contribution in [2.45, 2.75) is 44.1 Å². The lowest BCUT2D eigenvalue weighted by Gasteiger charge is -2.36. The van der Waals surface area contributed by atoms with E-state index in [1.54, 1.807) is 0 Å². The summed E-state index contributed by atoms with van der Waals surface area (Å²) < 4.78 is 0. The summed E-state index contributed by atoms with van der Waals surface area (Å²) in [5.41, 5.74) is -1.17. The second-order valence-corrected chi connectivity index (χ2v) is 5.75. The van der Waals surface area contributed by atoms with E-state index in [9.17, 15) is 9.90 Å². The highest BCUT2D eigenvalue weighted by Crippen LogP contribution is 2.43.